The number of hydrogen-bond donors (Lipinski definition) is 2. The summed E-state index contributed by atoms with van der Waals surface area (Å²) in [5.74, 6) is 1.13. The van der Waals surface area contributed by atoms with Crippen molar-refractivity contribution >= 4 is 17.5 Å². The normalized spacial score (nSPS) is 15.2. The number of aromatic hydroxyl groups is 1. The summed E-state index contributed by atoms with van der Waals surface area (Å²) >= 11 is 6.35. The van der Waals surface area contributed by atoms with Crippen LogP contribution in [0.5, 0.6) is 17.2 Å². The Balaban J connectivity index is 1.91. The number of nitrogens with zero attached hydrogens (tertiary/aromatic N) is 2. The van der Waals surface area contributed by atoms with Gasteiger partial charge < -0.3 is 19.5 Å². The lowest BCUT2D eigenvalue weighted by Crippen LogP contribution is -2.30. The van der Waals surface area contributed by atoms with E-state index in [9.17, 15) is 9.90 Å². The van der Waals surface area contributed by atoms with Gasteiger partial charge in [0.2, 0.25) is 0 Å². The number of hydrogen-bond acceptors (Lipinski definition) is 5. The van der Waals surface area contributed by atoms with Crippen LogP contribution in [0.4, 0.5) is 0 Å². The molecule has 1 amide bonds. The number of unbranched alkanes of at least 4 members (excludes halogenated alkanes) is 1. The predicted octanol–water partition coefficient (Wildman–Crippen LogP) is 5.11. The lowest BCUT2D eigenvalue weighted by atomic mass is 9.95. The number of phenols is 1. The fraction of sp³-hybridized carbons (Fsp3) is 0.333. The molecule has 1 aromatic heterocycles. The molecule has 168 valence electrons. The highest BCUT2D eigenvalue weighted by atomic mass is 35.5. The van der Waals surface area contributed by atoms with Crippen LogP contribution in [-0.4, -0.2) is 46.9 Å². The number of benzene rings is 2. The Morgan fingerprint density at radius 3 is 2.62 bits per heavy atom. The number of aromatic amines is 1. The van der Waals surface area contributed by atoms with Gasteiger partial charge in [-0.3, -0.25) is 9.89 Å². The fourth-order valence-electron chi connectivity index (χ4n) is 4.19. The summed E-state index contributed by atoms with van der Waals surface area (Å²) in [7, 11) is 3.16. The minimum Gasteiger partial charge on any atom is -0.507 e. The zero-order chi connectivity index (χ0) is 23.0. The summed E-state index contributed by atoms with van der Waals surface area (Å²) in [5.41, 5.74) is 3.75. The maximum atomic E-state index is 13.3. The lowest BCUT2D eigenvalue weighted by molar-refractivity contribution is 0.0741. The van der Waals surface area contributed by atoms with Crippen molar-refractivity contribution in [1.82, 2.24) is 15.1 Å². The number of ether oxygens (including phenoxy) is 2. The van der Waals surface area contributed by atoms with Crippen LogP contribution in [0.2, 0.25) is 5.02 Å². The molecule has 8 heteroatoms. The smallest absolute Gasteiger partial charge is 0.273 e. The highest BCUT2D eigenvalue weighted by Crippen LogP contribution is 2.46. The van der Waals surface area contributed by atoms with E-state index in [0.717, 1.165) is 24.0 Å². The maximum absolute atomic E-state index is 13.3. The Morgan fingerprint density at radius 2 is 1.94 bits per heavy atom. The van der Waals surface area contributed by atoms with Crippen LogP contribution in [0, 0.1) is 6.92 Å². The summed E-state index contributed by atoms with van der Waals surface area (Å²) in [4.78, 5) is 15.2. The Morgan fingerprint density at radius 1 is 1.19 bits per heavy atom. The second-order valence-corrected chi connectivity index (χ2v) is 8.26. The average Bonchev–Trinajstić information content (AvgIpc) is 3.33. The topological polar surface area (TPSA) is 87.7 Å². The minimum atomic E-state index is -0.392. The van der Waals surface area contributed by atoms with E-state index >= 15 is 0 Å². The number of H-pyrrole nitrogens is 1. The van der Waals surface area contributed by atoms with E-state index < -0.39 is 6.04 Å². The van der Waals surface area contributed by atoms with Crippen molar-refractivity contribution in [3.8, 4) is 28.5 Å². The number of aryl methyl sites for hydroxylation is 1. The molecule has 2 N–H and O–H groups in total. The number of carbonyl (C=O) groups excluding carboxylic acids is 1. The molecule has 0 bridgehead atoms. The molecule has 0 aliphatic carbocycles. The van der Waals surface area contributed by atoms with Gasteiger partial charge in [-0.25, -0.2) is 0 Å². The molecule has 1 aliphatic heterocycles. The molecule has 0 spiro atoms. The van der Waals surface area contributed by atoms with Gasteiger partial charge in [0.05, 0.1) is 20.3 Å². The summed E-state index contributed by atoms with van der Waals surface area (Å²) in [6.07, 6.45) is 1.82. The van der Waals surface area contributed by atoms with Crippen molar-refractivity contribution in [2.45, 2.75) is 32.7 Å². The highest BCUT2D eigenvalue weighted by molar-refractivity contribution is 6.31. The molecule has 0 radical (unpaired) electrons. The van der Waals surface area contributed by atoms with Crippen molar-refractivity contribution in [2.24, 2.45) is 0 Å². The monoisotopic (exact) mass is 455 g/mol. The van der Waals surface area contributed by atoms with Crippen molar-refractivity contribution < 1.29 is 19.4 Å². The Hall–Kier alpha value is -3.19. The van der Waals surface area contributed by atoms with Gasteiger partial charge in [0.15, 0.2) is 11.5 Å². The highest BCUT2D eigenvalue weighted by Gasteiger charge is 2.42. The molecular weight excluding hydrogens is 430 g/mol. The Bertz CT molecular complexity index is 1170. The number of aromatic nitrogens is 2. The molecule has 0 fully saturated rings. The standard InChI is InChI=1S/C24H26ClN3O4/c1-5-6-9-28-23(14-7-8-18(31-3)19(11-14)32-4)20-21(26-27-22(20)24(28)30)15-12-16(25)13(2)10-17(15)29/h7-8,10-12,23,29H,5-6,9H2,1-4H3,(H,26,27). The van der Waals surface area contributed by atoms with Crippen LogP contribution >= 0.6 is 11.6 Å². The molecule has 1 aliphatic rings. The summed E-state index contributed by atoms with van der Waals surface area (Å²) in [5, 5.41) is 18.5. The van der Waals surface area contributed by atoms with Gasteiger partial charge >= 0.3 is 0 Å². The van der Waals surface area contributed by atoms with Crippen LogP contribution in [-0.2, 0) is 0 Å². The number of halogens is 1. The molecule has 0 saturated heterocycles. The van der Waals surface area contributed by atoms with Crippen molar-refractivity contribution in [2.75, 3.05) is 20.8 Å². The molecule has 1 atom stereocenters. The van der Waals surface area contributed by atoms with Gasteiger partial charge in [-0.05, 0) is 48.7 Å². The van der Waals surface area contributed by atoms with Crippen molar-refractivity contribution in [1.29, 1.82) is 0 Å². The second kappa shape index (κ2) is 8.74. The zero-order valence-electron chi connectivity index (χ0n) is 18.5. The number of rotatable bonds is 7. The van der Waals surface area contributed by atoms with Gasteiger partial charge in [0, 0.05) is 22.7 Å². The fourth-order valence-corrected chi connectivity index (χ4v) is 4.35. The molecule has 3 aromatic rings. The molecule has 2 heterocycles. The molecule has 2 aromatic carbocycles. The van der Waals surface area contributed by atoms with Crippen LogP contribution < -0.4 is 9.47 Å². The molecule has 0 saturated carbocycles. The van der Waals surface area contributed by atoms with Crippen LogP contribution in [0.15, 0.2) is 30.3 Å². The van der Waals surface area contributed by atoms with Gasteiger partial charge in [-0.15, -0.1) is 0 Å². The third-order valence-electron chi connectivity index (χ3n) is 5.87. The number of amides is 1. The van der Waals surface area contributed by atoms with Gasteiger partial charge in [-0.1, -0.05) is 31.0 Å². The quantitative estimate of drug-likeness (QED) is 0.517. The van der Waals surface area contributed by atoms with E-state index in [-0.39, 0.29) is 11.7 Å². The Labute approximate surface area is 191 Å². The molecule has 7 nitrogen and oxygen atoms in total. The van der Waals surface area contributed by atoms with Gasteiger partial charge in [0.25, 0.3) is 5.91 Å². The van der Waals surface area contributed by atoms with Gasteiger partial charge in [0.1, 0.15) is 17.1 Å². The van der Waals surface area contributed by atoms with E-state index in [2.05, 4.69) is 17.1 Å². The average molecular weight is 456 g/mol. The largest absolute Gasteiger partial charge is 0.507 e. The van der Waals surface area contributed by atoms with E-state index in [1.807, 2.05) is 30.0 Å². The van der Waals surface area contributed by atoms with Gasteiger partial charge in [-0.2, -0.15) is 5.10 Å². The third-order valence-corrected chi connectivity index (χ3v) is 6.28. The first kappa shape index (κ1) is 22.0. The van der Waals surface area contributed by atoms with Crippen LogP contribution in [0.1, 0.15) is 53.0 Å². The number of methoxy groups -OCH3 is 2. The third kappa shape index (κ3) is 3.56. The number of fused-ring (bicyclic) bond motifs is 1. The SMILES string of the molecule is CCCCN1C(=O)c2[nH]nc(-c3cc(Cl)c(C)cc3O)c2C1c1ccc(OC)c(OC)c1. The Kier molecular flexibility index (Phi) is 6.02. The second-order valence-electron chi connectivity index (χ2n) is 7.85. The van der Waals surface area contributed by atoms with Crippen molar-refractivity contribution in [3.05, 3.63) is 57.7 Å². The van der Waals surface area contributed by atoms with E-state index in [1.165, 1.54) is 0 Å². The first-order valence-corrected chi connectivity index (χ1v) is 10.9. The first-order chi connectivity index (χ1) is 15.4. The van der Waals surface area contributed by atoms with Crippen LogP contribution in [0.3, 0.4) is 0 Å². The summed E-state index contributed by atoms with van der Waals surface area (Å²) in [6.45, 7) is 4.50. The van der Waals surface area contributed by atoms with Crippen LogP contribution in [0.25, 0.3) is 11.3 Å². The molecule has 1 unspecified atom stereocenters. The predicted molar refractivity (Wildman–Crippen MR) is 123 cm³/mol. The van der Waals surface area contributed by atoms with E-state index in [4.69, 9.17) is 21.1 Å². The number of nitrogens with one attached hydrogen (secondary N) is 1. The van der Waals surface area contributed by atoms with E-state index in [1.54, 1.807) is 26.4 Å². The maximum Gasteiger partial charge on any atom is 0.273 e. The first-order valence-electron chi connectivity index (χ1n) is 10.5. The number of phenolic OH excluding ortho intramolecular Hbond substituents is 1. The molecule has 32 heavy (non-hydrogen) atoms. The minimum absolute atomic E-state index is 0.0618. The number of carbonyl (C=O) groups is 1. The van der Waals surface area contributed by atoms with E-state index in [0.29, 0.717) is 45.6 Å². The molecule has 4 rings (SSSR count). The summed E-state index contributed by atoms with van der Waals surface area (Å²) in [6, 6.07) is 8.53. The zero-order valence-corrected chi connectivity index (χ0v) is 19.3. The van der Waals surface area contributed by atoms with Crippen molar-refractivity contribution in [3.63, 3.8) is 0 Å². The molecular formula is C24H26ClN3O4. The lowest BCUT2D eigenvalue weighted by Gasteiger charge is -2.27. The summed E-state index contributed by atoms with van der Waals surface area (Å²) < 4.78 is 10.9.